The SMILES string of the molecule is CN=C(N)c1cccc(NC(=O)N[C@H](C)[C@@H](C)CN2CCC[C@@H](Cc3ccc(F)cc3)C2)c1. The normalized spacial score (nSPS) is 19.0. The maximum atomic E-state index is 13.2. The Bertz CT molecular complexity index is 946. The second kappa shape index (κ2) is 11.8. The second-order valence-corrected chi connectivity index (χ2v) is 9.15. The first kappa shape index (κ1) is 24.7. The lowest BCUT2D eigenvalue weighted by Gasteiger charge is -2.35. The molecular weight excluding hydrogens is 417 g/mol. The van der Waals surface area contributed by atoms with Crippen LogP contribution in [0.3, 0.4) is 0 Å². The fourth-order valence-corrected chi connectivity index (χ4v) is 4.40. The van der Waals surface area contributed by atoms with Gasteiger partial charge in [-0.05, 0) is 74.4 Å². The predicted molar refractivity (Wildman–Crippen MR) is 133 cm³/mol. The molecule has 0 aromatic heterocycles. The molecule has 3 atom stereocenters. The number of aliphatic imine (C=N–C) groups is 1. The van der Waals surface area contributed by atoms with Gasteiger partial charge in [-0.25, -0.2) is 9.18 Å². The number of nitrogens with two attached hydrogens (primary N) is 1. The lowest BCUT2D eigenvalue weighted by atomic mass is 9.90. The largest absolute Gasteiger partial charge is 0.384 e. The number of carbonyl (C=O) groups is 1. The molecule has 2 aromatic rings. The summed E-state index contributed by atoms with van der Waals surface area (Å²) in [7, 11) is 1.64. The number of hydrogen-bond acceptors (Lipinski definition) is 3. The van der Waals surface area contributed by atoms with Gasteiger partial charge in [0.15, 0.2) is 0 Å². The van der Waals surface area contributed by atoms with Crippen molar-refractivity contribution >= 4 is 17.6 Å². The fourth-order valence-electron chi connectivity index (χ4n) is 4.40. The highest BCUT2D eigenvalue weighted by Gasteiger charge is 2.24. The summed E-state index contributed by atoms with van der Waals surface area (Å²) in [5.41, 5.74) is 8.51. The Morgan fingerprint density at radius 3 is 2.73 bits per heavy atom. The molecule has 2 amide bonds. The molecule has 0 radical (unpaired) electrons. The van der Waals surface area contributed by atoms with Crippen LogP contribution in [0.4, 0.5) is 14.9 Å². The maximum Gasteiger partial charge on any atom is 0.319 e. The summed E-state index contributed by atoms with van der Waals surface area (Å²) < 4.78 is 13.2. The van der Waals surface area contributed by atoms with Crippen LogP contribution in [-0.4, -0.2) is 49.5 Å². The van der Waals surface area contributed by atoms with Gasteiger partial charge in [0.1, 0.15) is 11.7 Å². The van der Waals surface area contributed by atoms with E-state index in [1.807, 2.05) is 43.3 Å². The zero-order valence-electron chi connectivity index (χ0n) is 19.9. The van der Waals surface area contributed by atoms with Crippen LogP contribution < -0.4 is 16.4 Å². The summed E-state index contributed by atoms with van der Waals surface area (Å²) in [6, 6.07) is 14.0. The monoisotopic (exact) mass is 453 g/mol. The highest BCUT2D eigenvalue weighted by molar-refractivity contribution is 5.99. The molecule has 0 aliphatic carbocycles. The Hall–Kier alpha value is -2.93. The van der Waals surface area contributed by atoms with Crippen molar-refractivity contribution in [2.45, 2.75) is 39.2 Å². The molecule has 3 rings (SSSR count). The Balaban J connectivity index is 1.47. The highest BCUT2D eigenvalue weighted by atomic mass is 19.1. The highest BCUT2D eigenvalue weighted by Crippen LogP contribution is 2.22. The summed E-state index contributed by atoms with van der Waals surface area (Å²) in [6.07, 6.45) is 3.35. The number of likely N-dealkylation sites (tertiary alicyclic amines) is 1. The van der Waals surface area contributed by atoms with Crippen LogP contribution in [0, 0.1) is 17.7 Å². The number of rotatable bonds is 8. The summed E-state index contributed by atoms with van der Waals surface area (Å²) in [5.74, 6) is 1.12. The van der Waals surface area contributed by atoms with Crippen LogP contribution in [-0.2, 0) is 6.42 Å². The number of anilines is 1. The standard InChI is InChI=1S/C26H36FN5O/c1-18(16-32-13-5-6-21(17-32)14-20-9-11-23(27)12-10-20)19(2)30-26(33)31-24-8-4-7-22(15-24)25(28)29-3/h4,7-12,15,18-19,21H,5-6,13-14,16-17H2,1-3H3,(H2,28,29)(H2,30,31,33)/t18-,19+,21-/m0/s1. The lowest BCUT2D eigenvalue weighted by molar-refractivity contribution is 0.145. The molecule has 1 fully saturated rings. The van der Waals surface area contributed by atoms with Gasteiger partial charge in [0.25, 0.3) is 0 Å². The van der Waals surface area contributed by atoms with Crippen molar-refractivity contribution in [3.05, 3.63) is 65.5 Å². The smallest absolute Gasteiger partial charge is 0.319 e. The molecule has 2 aromatic carbocycles. The van der Waals surface area contributed by atoms with E-state index in [-0.39, 0.29) is 17.9 Å². The molecular formula is C26H36FN5O. The topological polar surface area (TPSA) is 82.7 Å². The van der Waals surface area contributed by atoms with E-state index >= 15 is 0 Å². The van der Waals surface area contributed by atoms with Crippen molar-refractivity contribution in [2.24, 2.45) is 22.6 Å². The Morgan fingerprint density at radius 1 is 1.24 bits per heavy atom. The van der Waals surface area contributed by atoms with Gasteiger partial charge >= 0.3 is 6.03 Å². The molecule has 1 heterocycles. The summed E-state index contributed by atoms with van der Waals surface area (Å²) in [5, 5.41) is 5.95. The third-order valence-corrected chi connectivity index (χ3v) is 6.46. The van der Waals surface area contributed by atoms with E-state index in [1.165, 1.54) is 18.4 Å². The van der Waals surface area contributed by atoms with Gasteiger partial charge in [-0.1, -0.05) is 31.2 Å². The van der Waals surface area contributed by atoms with Gasteiger partial charge in [0.2, 0.25) is 0 Å². The number of amidine groups is 1. The van der Waals surface area contributed by atoms with E-state index < -0.39 is 0 Å². The van der Waals surface area contributed by atoms with Gasteiger partial charge in [0.05, 0.1) is 0 Å². The average molecular weight is 454 g/mol. The van der Waals surface area contributed by atoms with Crippen LogP contribution in [0.15, 0.2) is 53.5 Å². The molecule has 4 N–H and O–H groups in total. The summed E-state index contributed by atoms with van der Waals surface area (Å²) in [4.78, 5) is 19.0. The minimum Gasteiger partial charge on any atom is -0.384 e. The van der Waals surface area contributed by atoms with Crippen LogP contribution in [0.25, 0.3) is 0 Å². The first-order chi connectivity index (χ1) is 15.8. The Morgan fingerprint density at radius 2 is 2.00 bits per heavy atom. The van der Waals surface area contributed by atoms with E-state index in [2.05, 4.69) is 27.4 Å². The van der Waals surface area contributed by atoms with E-state index in [4.69, 9.17) is 5.73 Å². The third kappa shape index (κ3) is 7.56. The second-order valence-electron chi connectivity index (χ2n) is 9.15. The molecule has 33 heavy (non-hydrogen) atoms. The molecule has 6 nitrogen and oxygen atoms in total. The molecule has 1 saturated heterocycles. The van der Waals surface area contributed by atoms with Crippen LogP contribution in [0.5, 0.6) is 0 Å². The molecule has 1 aliphatic rings. The number of carbonyl (C=O) groups excluding carboxylic acids is 1. The third-order valence-electron chi connectivity index (χ3n) is 6.46. The first-order valence-corrected chi connectivity index (χ1v) is 11.7. The molecule has 0 spiro atoms. The predicted octanol–water partition coefficient (Wildman–Crippen LogP) is 4.26. The average Bonchev–Trinajstić information content (AvgIpc) is 2.80. The Labute approximate surface area is 196 Å². The quantitative estimate of drug-likeness (QED) is 0.413. The Kier molecular flexibility index (Phi) is 8.83. The van der Waals surface area contributed by atoms with E-state index in [1.54, 1.807) is 19.2 Å². The maximum absolute atomic E-state index is 13.2. The summed E-state index contributed by atoms with van der Waals surface area (Å²) in [6.45, 7) is 7.26. The number of hydrogen-bond donors (Lipinski definition) is 3. The van der Waals surface area contributed by atoms with Crippen molar-refractivity contribution in [3.8, 4) is 0 Å². The zero-order chi connectivity index (χ0) is 23.8. The van der Waals surface area contributed by atoms with Crippen molar-refractivity contribution in [1.82, 2.24) is 10.2 Å². The number of benzene rings is 2. The molecule has 7 heteroatoms. The minimum atomic E-state index is -0.230. The van der Waals surface area contributed by atoms with Crippen molar-refractivity contribution in [3.63, 3.8) is 0 Å². The van der Waals surface area contributed by atoms with Crippen LogP contribution >= 0.6 is 0 Å². The number of nitrogens with zero attached hydrogens (tertiary/aromatic N) is 2. The number of halogens is 1. The summed E-state index contributed by atoms with van der Waals surface area (Å²) >= 11 is 0. The first-order valence-electron chi connectivity index (χ1n) is 11.7. The number of urea groups is 1. The number of piperidine rings is 1. The minimum absolute atomic E-state index is 0.0212. The molecule has 0 bridgehead atoms. The molecule has 178 valence electrons. The van der Waals surface area contributed by atoms with E-state index in [0.29, 0.717) is 23.4 Å². The van der Waals surface area contributed by atoms with Crippen LogP contribution in [0.2, 0.25) is 0 Å². The van der Waals surface area contributed by atoms with E-state index in [0.717, 1.165) is 31.6 Å². The van der Waals surface area contributed by atoms with Gasteiger partial charge in [0, 0.05) is 37.4 Å². The van der Waals surface area contributed by atoms with Crippen molar-refractivity contribution in [1.29, 1.82) is 0 Å². The number of nitrogens with one attached hydrogen (secondary N) is 2. The van der Waals surface area contributed by atoms with Gasteiger partial charge in [-0.15, -0.1) is 0 Å². The molecule has 0 saturated carbocycles. The van der Waals surface area contributed by atoms with Gasteiger partial charge < -0.3 is 21.3 Å². The van der Waals surface area contributed by atoms with Crippen LogP contribution in [0.1, 0.15) is 37.8 Å². The van der Waals surface area contributed by atoms with Crippen molar-refractivity contribution in [2.75, 3.05) is 32.0 Å². The lowest BCUT2D eigenvalue weighted by Crippen LogP contribution is -2.46. The van der Waals surface area contributed by atoms with Gasteiger partial charge in [-0.2, -0.15) is 0 Å². The number of amides is 2. The molecule has 1 aliphatic heterocycles. The molecule has 0 unspecified atom stereocenters. The fraction of sp³-hybridized carbons (Fsp3) is 0.462. The zero-order valence-corrected chi connectivity index (χ0v) is 19.9. The van der Waals surface area contributed by atoms with Crippen molar-refractivity contribution < 1.29 is 9.18 Å². The van der Waals surface area contributed by atoms with Gasteiger partial charge in [-0.3, -0.25) is 4.99 Å². The van der Waals surface area contributed by atoms with E-state index in [9.17, 15) is 9.18 Å².